The van der Waals surface area contributed by atoms with Crippen molar-refractivity contribution in [3.8, 4) is 11.4 Å². The molecule has 1 heterocycles. The molecular weight excluding hydrogens is 197 g/mol. The maximum Gasteiger partial charge on any atom is 0.161 e. The molecule has 0 saturated carbocycles. The average Bonchev–Trinajstić information content (AvgIpc) is 2.29. The molecule has 1 N–H and O–H groups in total. The third-order valence-corrected chi connectivity index (χ3v) is 2.42. The Morgan fingerprint density at radius 2 is 1.81 bits per heavy atom. The summed E-state index contributed by atoms with van der Waals surface area (Å²) < 4.78 is 0. The number of nitrogens with zero attached hydrogens (tertiary/aromatic N) is 2. The molecule has 0 radical (unpaired) electrons. The Kier molecular flexibility index (Phi) is 2.90. The normalized spacial score (nSPS) is 10.1. The average molecular weight is 211 g/mol. The molecule has 1 aromatic carbocycles. The fraction of sp³-hybridized carbons (Fsp3) is 0.167. The second-order valence-electron chi connectivity index (χ2n) is 3.83. The highest BCUT2D eigenvalue weighted by molar-refractivity contribution is 6.32. The number of rotatable bonds is 2. The van der Waals surface area contributed by atoms with Crippen LogP contribution in [0.3, 0.4) is 0 Å². The van der Waals surface area contributed by atoms with Gasteiger partial charge in [-0.15, -0.1) is 0 Å². The van der Waals surface area contributed by atoms with Crippen molar-refractivity contribution in [1.29, 1.82) is 0 Å². The van der Waals surface area contributed by atoms with Crippen molar-refractivity contribution in [3.63, 3.8) is 0 Å². The SMILES string of the molecule is Bc1ccc(-c2nc(C)cc(NC)n2)cc1. The zero-order valence-corrected chi connectivity index (χ0v) is 9.78. The number of aryl methyl sites for hydroxylation is 1. The van der Waals surface area contributed by atoms with Crippen LogP contribution in [0.4, 0.5) is 5.82 Å². The Morgan fingerprint density at radius 1 is 1.12 bits per heavy atom. The number of aromatic nitrogens is 2. The van der Waals surface area contributed by atoms with Gasteiger partial charge in [0.25, 0.3) is 0 Å². The maximum absolute atomic E-state index is 4.43. The van der Waals surface area contributed by atoms with Crippen molar-refractivity contribution in [2.45, 2.75) is 6.92 Å². The summed E-state index contributed by atoms with van der Waals surface area (Å²) in [6.45, 7) is 1.97. The number of nitrogens with one attached hydrogen (secondary N) is 1. The van der Waals surface area contributed by atoms with Crippen LogP contribution in [0.2, 0.25) is 0 Å². The zero-order valence-electron chi connectivity index (χ0n) is 9.78. The summed E-state index contributed by atoms with van der Waals surface area (Å²) in [5, 5.41) is 3.04. The van der Waals surface area contributed by atoms with Gasteiger partial charge in [0.1, 0.15) is 13.7 Å². The van der Waals surface area contributed by atoms with Crippen LogP contribution >= 0.6 is 0 Å². The van der Waals surface area contributed by atoms with E-state index in [0.29, 0.717) is 0 Å². The summed E-state index contributed by atoms with van der Waals surface area (Å²) in [4.78, 5) is 8.86. The summed E-state index contributed by atoms with van der Waals surface area (Å²) in [5.74, 6) is 1.62. The first-order valence-electron chi connectivity index (χ1n) is 5.29. The third-order valence-electron chi connectivity index (χ3n) is 2.42. The van der Waals surface area contributed by atoms with E-state index < -0.39 is 0 Å². The van der Waals surface area contributed by atoms with Crippen molar-refractivity contribution in [1.82, 2.24) is 9.97 Å². The molecule has 80 valence electrons. The van der Waals surface area contributed by atoms with Crippen LogP contribution in [0.5, 0.6) is 0 Å². The van der Waals surface area contributed by atoms with Crippen molar-refractivity contribution < 1.29 is 0 Å². The first-order chi connectivity index (χ1) is 7.69. The molecule has 0 bridgehead atoms. The predicted molar refractivity (Wildman–Crippen MR) is 69.9 cm³/mol. The first-order valence-corrected chi connectivity index (χ1v) is 5.29. The van der Waals surface area contributed by atoms with E-state index in [1.165, 1.54) is 5.46 Å². The van der Waals surface area contributed by atoms with Gasteiger partial charge in [-0.3, -0.25) is 0 Å². The lowest BCUT2D eigenvalue weighted by molar-refractivity contribution is 1.11. The van der Waals surface area contributed by atoms with Gasteiger partial charge in [0.15, 0.2) is 5.82 Å². The fourth-order valence-electron chi connectivity index (χ4n) is 1.53. The van der Waals surface area contributed by atoms with E-state index in [9.17, 15) is 0 Å². The monoisotopic (exact) mass is 211 g/mol. The number of hydrogen-bond acceptors (Lipinski definition) is 3. The summed E-state index contributed by atoms with van der Waals surface area (Å²) in [5.41, 5.74) is 3.26. The second-order valence-corrected chi connectivity index (χ2v) is 3.83. The molecule has 0 aliphatic carbocycles. The van der Waals surface area contributed by atoms with Crippen molar-refractivity contribution in [2.75, 3.05) is 12.4 Å². The molecule has 0 fully saturated rings. The highest BCUT2D eigenvalue weighted by Gasteiger charge is 2.03. The van der Waals surface area contributed by atoms with Gasteiger partial charge < -0.3 is 5.32 Å². The maximum atomic E-state index is 4.43. The molecule has 0 saturated heterocycles. The Bertz CT molecular complexity index is 494. The summed E-state index contributed by atoms with van der Waals surface area (Å²) >= 11 is 0. The quantitative estimate of drug-likeness (QED) is 0.745. The minimum Gasteiger partial charge on any atom is -0.373 e. The first kappa shape index (κ1) is 10.7. The largest absolute Gasteiger partial charge is 0.373 e. The van der Waals surface area contributed by atoms with E-state index in [2.05, 4.69) is 35.3 Å². The standard InChI is InChI=1S/C12H14BN3/c1-8-7-11(14-2)16-12(15-8)9-3-5-10(13)6-4-9/h3-7H,13H2,1-2H3,(H,14,15,16). The van der Waals surface area contributed by atoms with Crippen LogP contribution < -0.4 is 10.8 Å². The Hall–Kier alpha value is -1.84. The highest BCUT2D eigenvalue weighted by Crippen LogP contribution is 2.16. The van der Waals surface area contributed by atoms with E-state index in [1.54, 1.807) is 0 Å². The minimum absolute atomic E-state index is 0.768. The topological polar surface area (TPSA) is 37.8 Å². The smallest absolute Gasteiger partial charge is 0.161 e. The lowest BCUT2D eigenvalue weighted by Gasteiger charge is -2.05. The minimum atomic E-state index is 0.768. The molecule has 0 aliphatic heterocycles. The van der Waals surface area contributed by atoms with Gasteiger partial charge in [0.05, 0.1) is 0 Å². The second kappa shape index (κ2) is 4.35. The summed E-state index contributed by atoms with van der Waals surface area (Å²) in [6.07, 6.45) is 0. The van der Waals surface area contributed by atoms with Gasteiger partial charge in [-0.25, -0.2) is 9.97 Å². The Balaban J connectivity index is 2.47. The van der Waals surface area contributed by atoms with Gasteiger partial charge in [0.2, 0.25) is 0 Å². The molecule has 16 heavy (non-hydrogen) atoms. The molecule has 0 amide bonds. The Morgan fingerprint density at radius 3 is 2.44 bits per heavy atom. The summed E-state index contributed by atoms with van der Waals surface area (Å²) in [6, 6.07) is 10.2. The van der Waals surface area contributed by atoms with Crippen LogP contribution in [0, 0.1) is 6.92 Å². The molecule has 4 heteroatoms. The van der Waals surface area contributed by atoms with Gasteiger partial charge in [-0.2, -0.15) is 0 Å². The van der Waals surface area contributed by atoms with Crippen molar-refractivity contribution in [3.05, 3.63) is 36.0 Å². The van der Waals surface area contributed by atoms with Crippen LogP contribution in [0.15, 0.2) is 30.3 Å². The molecule has 2 rings (SSSR count). The van der Waals surface area contributed by atoms with E-state index in [0.717, 1.165) is 22.9 Å². The van der Waals surface area contributed by atoms with Gasteiger partial charge in [-0.05, 0) is 6.92 Å². The van der Waals surface area contributed by atoms with Gasteiger partial charge >= 0.3 is 0 Å². The lowest BCUT2D eigenvalue weighted by atomic mass is 9.95. The number of benzene rings is 1. The van der Waals surface area contributed by atoms with Crippen LogP contribution in [0.1, 0.15) is 5.69 Å². The van der Waals surface area contributed by atoms with Crippen molar-refractivity contribution >= 4 is 19.1 Å². The molecule has 0 unspecified atom stereocenters. The molecule has 0 aliphatic rings. The Labute approximate surface area is 96.4 Å². The number of anilines is 1. The van der Waals surface area contributed by atoms with E-state index in [4.69, 9.17) is 0 Å². The van der Waals surface area contributed by atoms with Crippen LogP contribution in [-0.4, -0.2) is 24.9 Å². The predicted octanol–water partition coefficient (Wildman–Crippen LogP) is 0.752. The molecule has 3 nitrogen and oxygen atoms in total. The molecule has 0 spiro atoms. The summed E-state index contributed by atoms with van der Waals surface area (Å²) in [7, 11) is 3.93. The van der Waals surface area contributed by atoms with Gasteiger partial charge in [0, 0.05) is 24.4 Å². The molecule has 1 aromatic heterocycles. The van der Waals surface area contributed by atoms with Crippen LogP contribution in [0.25, 0.3) is 11.4 Å². The molecule has 0 atom stereocenters. The van der Waals surface area contributed by atoms with Gasteiger partial charge in [-0.1, -0.05) is 29.7 Å². The highest BCUT2D eigenvalue weighted by atomic mass is 15.0. The molecule has 2 aromatic rings. The fourth-order valence-corrected chi connectivity index (χ4v) is 1.53. The van der Waals surface area contributed by atoms with E-state index in [1.807, 2.05) is 32.2 Å². The van der Waals surface area contributed by atoms with Crippen LogP contribution in [-0.2, 0) is 0 Å². The van der Waals surface area contributed by atoms with E-state index >= 15 is 0 Å². The third kappa shape index (κ3) is 2.22. The number of hydrogen-bond donors (Lipinski definition) is 1. The lowest BCUT2D eigenvalue weighted by Crippen LogP contribution is -2.02. The van der Waals surface area contributed by atoms with Crippen molar-refractivity contribution in [2.24, 2.45) is 0 Å². The molecular formula is C12H14BN3. The van der Waals surface area contributed by atoms with E-state index in [-0.39, 0.29) is 0 Å². The zero-order chi connectivity index (χ0) is 11.5.